The van der Waals surface area contributed by atoms with E-state index in [1.165, 1.54) is 6.92 Å². The van der Waals surface area contributed by atoms with Gasteiger partial charge < -0.3 is 37.4 Å². The lowest BCUT2D eigenvalue weighted by Crippen LogP contribution is -2.47. The molecule has 0 radical (unpaired) electrons. The zero-order valence-corrected chi connectivity index (χ0v) is 14.8. The van der Waals surface area contributed by atoms with Crippen molar-refractivity contribution in [2.75, 3.05) is 6.61 Å². The molecule has 0 aliphatic heterocycles. The number of aliphatic carboxylic acids is 1. The Labute approximate surface area is 152 Å². The summed E-state index contributed by atoms with van der Waals surface area (Å²) >= 11 is 0.996. The van der Waals surface area contributed by atoms with Gasteiger partial charge >= 0.3 is 12.0 Å². The van der Waals surface area contributed by atoms with Crippen molar-refractivity contribution in [3.05, 3.63) is 10.0 Å². The second-order valence-corrected chi connectivity index (χ2v) is 6.53. The van der Waals surface area contributed by atoms with Gasteiger partial charge in [0, 0.05) is 6.42 Å². The lowest BCUT2D eigenvalue weighted by atomic mass is 10.1. The highest BCUT2D eigenvalue weighted by molar-refractivity contribution is 7.11. The Balaban J connectivity index is 2.72. The summed E-state index contributed by atoms with van der Waals surface area (Å²) in [6, 6.07) is -3.92. The molecule has 0 fully saturated rings. The molecule has 26 heavy (non-hydrogen) atoms. The van der Waals surface area contributed by atoms with Gasteiger partial charge in [-0.05, 0) is 13.3 Å². The van der Waals surface area contributed by atoms with Crippen LogP contribution >= 0.6 is 11.3 Å². The molecule has 13 heteroatoms. The molecule has 0 bridgehead atoms. The molecule has 146 valence electrons. The van der Waals surface area contributed by atoms with Crippen molar-refractivity contribution in [1.29, 1.82) is 0 Å². The molecule has 0 aromatic carbocycles. The van der Waals surface area contributed by atoms with Gasteiger partial charge in [-0.2, -0.15) is 0 Å². The van der Waals surface area contributed by atoms with Gasteiger partial charge in [0.05, 0.1) is 18.8 Å². The van der Waals surface area contributed by atoms with Gasteiger partial charge in [0.25, 0.3) is 0 Å². The molecule has 1 aromatic rings. The molecule has 3 amide bonds. The average Bonchev–Trinajstić information content (AvgIpc) is 3.04. The van der Waals surface area contributed by atoms with Crippen LogP contribution in [0.4, 0.5) is 4.79 Å². The maximum Gasteiger partial charge on any atom is 0.326 e. The lowest BCUT2D eigenvalue weighted by molar-refractivity contribution is -0.139. The van der Waals surface area contributed by atoms with E-state index in [4.69, 9.17) is 16.6 Å². The number of nitrogens with two attached hydrogens (primary N) is 2. The van der Waals surface area contributed by atoms with Gasteiger partial charge in [-0.3, -0.25) is 4.79 Å². The number of carbonyl (C=O) groups excluding carboxylic acids is 2. The number of nitrogens with one attached hydrogen (secondary N) is 2. The molecule has 0 aliphatic rings. The molecule has 12 nitrogen and oxygen atoms in total. The quantitative estimate of drug-likeness (QED) is 0.234. The Bertz CT molecular complexity index is 638. The van der Waals surface area contributed by atoms with E-state index >= 15 is 0 Å². The molecule has 9 N–H and O–H groups in total. The molecule has 0 aliphatic carbocycles. The van der Waals surface area contributed by atoms with Gasteiger partial charge in [-0.15, -0.1) is 10.2 Å². The first kappa shape index (κ1) is 21.7. The van der Waals surface area contributed by atoms with Crippen LogP contribution in [0.3, 0.4) is 0 Å². The van der Waals surface area contributed by atoms with Crippen LogP contribution in [-0.4, -0.2) is 62.2 Å². The van der Waals surface area contributed by atoms with Crippen LogP contribution in [-0.2, 0) is 9.59 Å². The first-order valence-electron chi connectivity index (χ1n) is 7.61. The van der Waals surface area contributed by atoms with E-state index in [0.29, 0.717) is 5.01 Å². The van der Waals surface area contributed by atoms with E-state index in [9.17, 15) is 24.6 Å². The number of carbonyl (C=O) groups is 3. The maximum absolute atomic E-state index is 12.0. The minimum Gasteiger partial charge on any atom is -0.480 e. The number of rotatable bonds is 10. The summed E-state index contributed by atoms with van der Waals surface area (Å²) in [7, 11) is 0. The zero-order chi connectivity index (χ0) is 19.9. The van der Waals surface area contributed by atoms with Gasteiger partial charge in [0.1, 0.15) is 22.1 Å². The van der Waals surface area contributed by atoms with E-state index in [0.717, 1.165) is 11.3 Å². The van der Waals surface area contributed by atoms with E-state index in [2.05, 4.69) is 20.8 Å². The van der Waals surface area contributed by atoms with Crippen molar-refractivity contribution in [2.45, 2.75) is 44.0 Å². The van der Waals surface area contributed by atoms with E-state index in [1.54, 1.807) is 0 Å². The van der Waals surface area contributed by atoms with Crippen LogP contribution in [0, 0.1) is 0 Å². The highest BCUT2D eigenvalue weighted by Crippen LogP contribution is 2.23. The summed E-state index contributed by atoms with van der Waals surface area (Å²) in [5.41, 5.74) is 10.7. The summed E-state index contributed by atoms with van der Waals surface area (Å²) < 4.78 is 0. The van der Waals surface area contributed by atoms with Crippen LogP contribution in [0.2, 0.25) is 0 Å². The fraction of sp³-hybridized carbons (Fsp3) is 0.615. The molecule has 0 spiro atoms. The maximum atomic E-state index is 12.0. The number of amides is 3. The largest absolute Gasteiger partial charge is 0.480 e. The minimum absolute atomic E-state index is 0.173. The molecular weight excluding hydrogens is 368 g/mol. The first-order valence-corrected chi connectivity index (χ1v) is 8.43. The Morgan fingerprint density at radius 3 is 2.35 bits per heavy atom. The number of aliphatic hydroxyl groups is 2. The predicted octanol–water partition coefficient (Wildman–Crippen LogP) is -2.03. The van der Waals surface area contributed by atoms with Gasteiger partial charge in [0.2, 0.25) is 5.91 Å². The summed E-state index contributed by atoms with van der Waals surface area (Å²) in [6.45, 7) is 0.962. The average molecular weight is 390 g/mol. The van der Waals surface area contributed by atoms with Gasteiger partial charge in [-0.25, -0.2) is 9.59 Å². The monoisotopic (exact) mass is 390 g/mol. The number of urea groups is 1. The fourth-order valence-electron chi connectivity index (χ4n) is 1.82. The van der Waals surface area contributed by atoms with Crippen molar-refractivity contribution >= 4 is 29.2 Å². The highest BCUT2D eigenvalue weighted by Gasteiger charge is 2.25. The van der Waals surface area contributed by atoms with Crippen molar-refractivity contribution < 1.29 is 29.7 Å². The summed E-state index contributed by atoms with van der Waals surface area (Å²) in [4.78, 5) is 33.8. The third-order valence-electron chi connectivity index (χ3n) is 3.33. The number of carboxylic acid groups (broad SMARTS) is 1. The zero-order valence-electron chi connectivity index (χ0n) is 14.0. The summed E-state index contributed by atoms with van der Waals surface area (Å²) in [6.07, 6.45) is -1.24. The molecule has 0 saturated heterocycles. The smallest absolute Gasteiger partial charge is 0.326 e. The molecule has 1 aromatic heterocycles. The minimum atomic E-state index is -1.33. The van der Waals surface area contributed by atoms with Crippen LogP contribution in [0.25, 0.3) is 0 Å². The molecule has 1 unspecified atom stereocenters. The van der Waals surface area contributed by atoms with Crippen LogP contribution in [0.1, 0.15) is 41.9 Å². The predicted molar refractivity (Wildman–Crippen MR) is 89.9 cm³/mol. The summed E-state index contributed by atoms with van der Waals surface area (Å²) in [5, 5.41) is 40.7. The second-order valence-electron chi connectivity index (χ2n) is 5.49. The van der Waals surface area contributed by atoms with E-state index in [1.807, 2.05) is 0 Å². The van der Waals surface area contributed by atoms with E-state index < -0.39 is 48.7 Å². The lowest BCUT2D eigenvalue weighted by Gasteiger charge is -2.18. The Morgan fingerprint density at radius 1 is 1.23 bits per heavy atom. The van der Waals surface area contributed by atoms with Crippen LogP contribution in [0.5, 0.6) is 0 Å². The van der Waals surface area contributed by atoms with Gasteiger partial charge in [0.15, 0.2) is 0 Å². The number of nitrogens with zero attached hydrogens (tertiary/aromatic N) is 2. The number of hydrogen-bond donors (Lipinski definition) is 7. The number of carboxylic acids is 1. The number of hydrogen-bond acceptors (Lipinski definition) is 9. The number of aliphatic hydroxyl groups excluding tert-OH is 2. The van der Waals surface area contributed by atoms with Crippen LogP contribution in [0.15, 0.2) is 0 Å². The van der Waals surface area contributed by atoms with Crippen molar-refractivity contribution in [1.82, 2.24) is 20.8 Å². The fourth-order valence-corrected chi connectivity index (χ4v) is 2.80. The topological polar surface area (TPSA) is 214 Å². The Hall–Kier alpha value is -2.35. The third kappa shape index (κ3) is 6.51. The van der Waals surface area contributed by atoms with E-state index in [-0.39, 0.29) is 17.8 Å². The van der Waals surface area contributed by atoms with Crippen molar-refractivity contribution in [3.8, 4) is 0 Å². The Morgan fingerprint density at radius 2 is 1.85 bits per heavy atom. The number of aromatic nitrogens is 2. The highest BCUT2D eigenvalue weighted by atomic mass is 32.1. The standard InChI is InChI=1S/C13H22N6O6S/c1-5(21)9(15)11-19-18-10(26-11)7(4-20)17-13(25)16-6(12(23)24)2-3-8(14)22/h5-7,9,20-21H,2-4,15H2,1H3,(H2,14,22)(H,23,24)(H2,16,17,25)/t5?,6-,7-,9-/m0/s1. The second kappa shape index (κ2) is 9.96. The molecule has 0 saturated carbocycles. The molecule has 1 rings (SSSR count). The first-order chi connectivity index (χ1) is 12.1. The Kier molecular flexibility index (Phi) is 8.31. The van der Waals surface area contributed by atoms with Crippen molar-refractivity contribution in [3.63, 3.8) is 0 Å². The molecular formula is C13H22N6O6S. The molecule has 4 atom stereocenters. The number of primary amides is 1. The van der Waals surface area contributed by atoms with Crippen molar-refractivity contribution in [2.24, 2.45) is 11.5 Å². The summed E-state index contributed by atoms with van der Waals surface area (Å²) in [5.74, 6) is -2.02. The van der Waals surface area contributed by atoms with Gasteiger partial charge in [-0.1, -0.05) is 11.3 Å². The SMILES string of the molecule is CC(O)[C@H](N)c1nnc([C@H](CO)NC(=O)N[C@@H](CCC(N)=O)C(=O)O)s1. The molecule has 1 heterocycles. The van der Waals surface area contributed by atoms with Crippen LogP contribution < -0.4 is 22.1 Å². The normalized spacial score (nSPS) is 15.5. The third-order valence-corrected chi connectivity index (χ3v) is 4.47.